The molecular weight excluding hydrogens is 279 g/mol. The quantitative estimate of drug-likeness (QED) is 0.529. The Morgan fingerprint density at radius 1 is 1.00 bits per heavy atom. The molecule has 2 nitrogen and oxygen atoms in total. The van der Waals surface area contributed by atoms with E-state index in [1.165, 1.54) is 0 Å². The number of hydrogen-bond donors (Lipinski definition) is 0. The van der Waals surface area contributed by atoms with Crippen molar-refractivity contribution < 1.29 is 18.0 Å². The highest BCUT2D eigenvalue weighted by atomic mass is 19.2. The largest absolute Gasteiger partial charge is 0.343 e. The van der Waals surface area contributed by atoms with Crippen LogP contribution in [0.4, 0.5) is 13.2 Å². The van der Waals surface area contributed by atoms with Gasteiger partial charge in [-0.2, -0.15) is 0 Å². The molecule has 0 atom stereocenters. The zero-order chi connectivity index (χ0) is 15.0. The maximum Gasteiger partial charge on any atom is 0.161 e. The van der Waals surface area contributed by atoms with E-state index in [0.717, 1.165) is 23.3 Å². The molecule has 0 saturated heterocycles. The minimum atomic E-state index is -1.21. The first-order chi connectivity index (χ1) is 10.1. The second-order valence-corrected chi connectivity index (χ2v) is 4.70. The van der Waals surface area contributed by atoms with Gasteiger partial charge in [-0.1, -0.05) is 12.1 Å². The van der Waals surface area contributed by atoms with Crippen LogP contribution in [0.15, 0.2) is 42.6 Å². The van der Waals surface area contributed by atoms with Crippen LogP contribution in [0.1, 0.15) is 15.9 Å². The average Bonchev–Trinajstić information content (AvgIpc) is 2.88. The van der Waals surface area contributed by atoms with Gasteiger partial charge in [0.25, 0.3) is 0 Å². The molecule has 1 heterocycles. The van der Waals surface area contributed by atoms with E-state index in [1.54, 1.807) is 35.0 Å². The van der Waals surface area contributed by atoms with Crippen molar-refractivity contribution in [2.45, 2.75) is 6.54 Å². The summed E-state index contributed by atoms with van der Waals surface area (Å²) in [7, 11) is 0. The van der Waals surface area contributed by atoms with Gasteiger partial charge in [0.1, 0.15) is 5.82 Å². The van der Waals surface area contributed by atoms with Crippen LogP contribution in [-0.4, -0.2) is 10.9 Å². The SMILES string of the molecule is O=Cc1cccc2c1ccn2Cc1cc(F)c(F)cc1F. The number of aldehydes is 1. The number of nitrogens with zero attached hydrogens (tertiary/aromatic N) is 1. The Bertz CT molecular complexity index is 839. The number of benzene rings is 2. The lowest BCUT2D eigenvalue weighted by Crippen LogP contribution is -2.02. The van der Waals surface area contributed by atoms with Crippen LogP contribution < -0.4 is 0 Å². The van der Waals surface area contributed by atoms with E-state index in [1.807, 2.05) is 0 Å². The first kappa shape index (κ1) is 13.4. The molecule has 0 spiro atoms. The number of hydrogen-bond acceptors (Lipinski definition) is 1. The summed E-state index contributed by atoms with van der Waals surface area (Å²) in [4.78, 5) is 11.0. The van der Waals surface area contributed by atoms with Crippen LogP contribution in [-0.2, 0) is 6.54 Å². The second kappa shape index (κ2) is 5.09. The molecule has 0 aliphatic heterocycles. The van der Waals surface area contributed by atoms with Crippen molar-refractivity contribution in [1.29, 1.82) is 0 Å². The third kappa shape index (κ3) is 2.31. The fraction of sp³-hybridized carbons (Fsp3) is 0.0625. The molecular formula is C16H10F3NO. The highest BCUT2D eigenvalue weighted by molar-refractivity contribution is 5.97. The molecule has 2 aromatic carbocycles. The molecule has 21 heavy (non-hydrogen) atoms. The van der Waals surface area contributed by atoms with E-state index < -0.39 is 17.5 Å². The van der Waals surface area contributed by atoms with Gasteiger partial charge in [0.15, 0.2) is 17.9 Å². The number of carbonyl (C=O) groups excluding carboxylic acids is 1. The molecule has 0 aliphatic carbocycles. The normalized spacial score (nSPS) is 11.0. The minimum absolute atomic E-state index is 0.0444. The molecule has 3 aromatic rings. The highest BCUT2D eigenvalue weighted by Gasteiger charge is 2.12. The zero-order valence-corrected chi connectivity index (χ0v) is 10.8. The second-order valence-electron chi connectivity index (χ2n) is 4.70. The Morgan fingerprint density at radius 3 is 2.52 bits per heavy atom. The maximum absolute atomic E-state index is 13.7. The standard InChI is InChI=1S/C16H10F3NO/c17-13-7-15(19)14(18)6-11(13)8-20-5-4-12-10(9-21)2-1-3-16(12)20/h1-7,9H,8H2. The molecule has 0 saturated carbocycles. The molecule has 0 amide bonds. The Kier molecular flexibility index (Phi) is 3.25. The summed E-state index contributed by atoms with van der Waals surface area (Å²) in [5.74, 6) is -3.10. The molecule has 106 valence electrons. The molecule has 3 rings (SSSR count). The van der Waals surface area contributed by atoms with Gasteiger partial charge in [0.05, 0.1) is 6.54 Å². The van der Waals surface area contributed by atoms with E-state index >= 15 is 0 Å². The smallest absolute Gasteiger partial charge is 0.161 e. The lowest BCUT2D eigenvalue weighted by molar-refractivity contribution is 0.112. The highest BCUT2D eigenvalue weighted by Crippen LogP contribution is 2.22. The Morgan fingerprint density at radius 2 is 1.76 bits per heavy atom. The van der Waals surface area contributed by atoms with Crippen LogP contribution in [0.2, 0.25) is 0 Å². The summed E-state index contributed by atoms with van der Waals surface area (Å²) in [6.45, 7) is 0.0504. The molecule has 0 bridgehead atoms. The topological polar surface area (TPSA) is 22.0 Å². The third-order valence-corrected chi connectivity index (χ3v) is 3.40. The lowest BCUT2D eigenvalue weighted by atomic mass is 10.1. The van der Waals surface area contributed by atoms with Crippen LogP contribution in [0, 0.1) is 17.5 Å². The summed E-state index contributed by atoms with van der Waals surface area (Å²) in [6.07, 6.45) is 2.42. The van der Waals surface area contributed by atoms with Gasteiger partial charge in [0.2, 0.25) is 0 Å². The van der Waals surface area contributed by atoms with Gasteiger partial charge in [-0.05, 0) is 18.2 Å². The number of carbonyl (C=O) groups is 1. The molecule has 0 radical (unpaired) electrons. The molecule has 0 N–H and O–H groups in total. The molecule has 1 aromatic heterocycles. The fourth-order valence-corrected chi connectivity index (χ4v) is 2.36. The Labute approximate surface area is 118 Å². The van der Waals surface area contributed by atoms with Crippen LogP contribution in [0.5, 0.6) is 0 Å². The molecule has 0 unspecified atom stereocenters. The zero-order valence-electron chi connectivity index (χ0n) is 10.8. The van der Waals surface area contributed by atoms with Crippen molar-refractivity contribution in [1.82, 2.24) is 4.57 Å². The van der Waals surface area contributed by atoms with Gasteiger partial charge in [-0.3, -0.25) is 4.79 Å². The van der Waals surface area contributed by atoms with Crippen molar-refractivity contribution in [3.05, 3.63) is 71.2 Å². The van der Waals surface area contributed by atoms with Crippen molar-refractivity contribution in [2.24, 2.45) is 0 Å². The molecule has 5 heteroatoms. The average molecular weight is 289 g/mol. The summed E-state index contributed by atoms with van der Waals surface area (Å²) < 4.78 is 41.5. The van der Waals surface area contributed by atoms with Crippen LogP contribution in [0.3, 0.4) is 0 Å². The first-order valence-corrected chi connectivity index (χ1v) is 6.26. The van der Waals surface area contributed by atoms with Gasteiger partial charge in [0, 0.05) is 34.3 Å². The summed E-state index contributed by atoms with van der Waals surface area (Å²) in [5, 5.41) is 0.732. The molecule has 0 fully saturated rings. The third-order valence-electron chi connectivity index (χ3n) is 3.40. The van der Waals surface area contributed by atoms with E-state index in [2.05, 4.69) is 0 Å². The van der Waals surface area contributed by atoms with Gasteiger partial charge in [-0.25, -0.2) is 13.2 Å². The maximum atomic E-state index is 13.7. The summed E-state index contributed by atoms with van der Waals surface area (Å²) >= 11 is 0. The van der Waals surface area contributed by atoms with E-state index in [9.17, 15) is 18.0 Å². The van der Waals surface area contributed by atoms with Crippen molar-refractivity contribution >= 4 is 17.2 Å². The number of fused-ring (bicyclic) bond motifs is 1. The van der Waals surface area contributed by atoms with E-state index in [4.69, 9.17) is 0 Å². The number of aromatic nitrogens is 1. The van der Waals surface area contributed by atoms with Crippen molar-refractivity contribution in [2.75, 3.05) is 0 Å². The monoisotopic (exact) mass is 289 g/mol. The Balaban J connectivity index is 2.07. The van der Waals surface area contributed by atoms with Crippen LogP contribution >= 0.6 is 0 Å². The van der Waals surface area contributed by atoms with Gasteiger partial charge < -0.3 is 4.57 Å². The number of rotatable bonds is 3. The predicted molar refractivity (Wildman–Crippen MR) is 72.7 cm³/mol. The van der Waals surface area contributed by atoms with Crippen molar-refractivity contribution in [3.63, 3.8) is 0 Å². The molecule has 0 aliphatic rings. The summed E-state index contributed by atoms with van der Waals surface area (Å²) in [6, 6.07) is 8.28. The lowest BCUT2D eigenvalue weighted by Gasteiger charge is -2.08. The Hall–Kier alpha value is -2.56. The van der Waals surface area contributed by atoms with E-state index in [0.29, 0.717) is 11.6 Å². The number of halogens is 3. The van der Waals surface area contributed by atoms with Gasteiger partial charge in [-0.15, -0.1) is 0 Å². The predicted octanol–water partition coefficient (Wildman–Crippen LogP) is 3.92. The van der Waals surface area contributed by atoms with Gasteiger partial charge >= 0.3 is 0 Å². The fourth-order valence-electron chi connectivity index (χ4n) is 2.36. The minimum Gasteiger partial charge on any atom is -0.343 e. The van der Waals surface area contributed by atoms with Crippen molar-refractivity contribution in [3.8, 4) is 0 Å². The summed E-state index contributed by atoms with van der Waals surface area (Å²) in [5.41, 5.74) is 1.30. The van der Waals surface area contributed by atoms with Crippen LogP contribution in [0.25, 0.3) is 10.9 Å². The van der Waals surface area contributed by atoms with E-state index in [-0.39, 0.29) is 12.1 Å². The first-order valence-electron chi connectivity index (χ1n) is 6.26.